The van der Waals surface area contributed by atoms with Crippen molar-refractivity contribution in [1.82, 2.24) is 0 Å². The summed E-state index contributed by atoms with van der Waals surface area (Å²) in [6.45, 7) is 4.31. The Morgan fingerprint density at radius 1 is 1.20 bits per heavy atom. The Bertz CT molecular complexity index is 836. The van der Waals surface area contributed by atoms with Gasteiger partial charge in [0.1, 0.15) is 0 Å². The summed E-state index contributed by atoms with van der Waals surface area (Å²) in [6, 6.07) is 9.84. The van der Waals surface area contributed by atoms with Crippen molar-refractivity contribution in [2.75, 3.05) is 12.4 Å². The number of nitrogens with one attached hydrogen (secondary N) is 1. The molecule has 3 N–H and O–H groups in total. The van der Waals surface area contributed by atoms with Crippen LogP contribution in [-0.2, 0) is 16.6 Å². The van der Waals surface area contributed by atoms with E-state index in [2.05, 4.69) is 5.32 Å². The van der Waals surface area contributed by atoms with Crippen molar-refractivity contribution in [3.8, 4) is 11.5 Å². The quantitative estimate of drug-likeness (QED) is 0.763. The molecule has 0 radical (unpaired) electrons. The van der Waals surface area contributed by atoms with Gasteiger partial charge in [-0.25, -0.2) is 13.6 Å². The molecule has 0 unspecified atom stereocenters. The molecule has 25 heavy (non-hydrogen) atoms. The predicted molar refractivity (Wildman–Crippen MR) is 98.9 cm³/mol. The summed E-state index contributed by atoms with van der Waals surface area (Å²) in [7, 11) is -2.13. The highest BCUT2D eigenvalue weighted by Crippen LogP contribution is 2.37. The van der Waals surface area contributed by atoms with Gasteiger partial charge in [0.05, 0.1) is 23.1 Å². The van der Waals surface area contributed by atoms with Gasteiger partial charge in [-0.1, -0.05) is 11.6 Å². The Hall–Kier alpha value is -1.96. The van der Waals surface area contributed by atoms with Gasteiger partial charge in [0, 0.05) is 12.2 Å². The Labute approximate surface area is 152 Å². The molecule has 0 heterocycles. The molecular formula is C17H21ClN2O4S. The number of hydrogen-bond donors (Lipinski definition) is 2. The molecule has 0 aliphatic heterocycles. The summed E-state index contributed by atoms with van der Waals surface area (Å²) in [5, 5.41) is 8.74. The molecule has 8 heteroatoms. The van der Waals surface area contributed by atoms with Gasteiger partial charge in [-0.15, -0.1) is 0 Å². The van der Waals surface area contributed by atoms with E-state index in [1.165, 1.54) is 12.1 Å². The van der Waals surface area contributed by atoms with Gasteiger partial charge in [-0.05, 0) is 55.8 Å². The van der Waals surface area contributed by atoms with Gasteiger partial charge >= 0.3 is 0 Å². The zero-order valence-electron chi connectivity index (χ0n) is 14.2. The fourth-order valence-corrected chi connectivity index (χ4v) is 2.99. The van der Waals surface area contributed by atoms with E-state index in [0.717, 1.165) is 11.3 Å². The minimum Gasteiger partial charge on any atom is -0.493 e. The molecule has 0 spiro atoms. The summed E-state index contributed by atoms with van der Waals surface area (Å²) in [5.41, 5.74) is 1.65. The van der Waals surface area contributed by atoms with E-state index < -0.39 is 10.0 Å². The second-order valence-electron chi connectivity index (χ2n) is 5.70. The fourth-order valence-electron chi connectivity index (χ4n) is 2.19. The molecule has 136 valence electrons. The highest BCUT2D eigenvalue weighted by atomic mass is 35.5. The molecular weight excluding hydrogens is 364 g/mol. The van der Waals surface area contributed by atoms with Crippen LogP contribution in [0.2, 0.25) is 5.02 Å². The summed E-state index contributed by atoms with van der Waals surface area (Å²) in [6.07, 6.45) is -0.0206. The fraction of sp³-hybridized carbons (Fsp3) is 0.294. The topological polar surface area (TPSA) is 90.6 Å². The van der Waals surface area contributed by atoms with Crippen LogP contribution in [-0.4, -0.2) is 21.6 Å². The third-order valence-electron chi connectivity index (χ3n) is 3.32. The van der Waals surface area contributed by atoms with Crippen LogP contribution in [0.1, 0.15) is 19.4 Å². The zero-order valence-corrected chi connectivity index (χ0v) is 15.8. The molecule has 6 nitrogen and oxygen atoms in total. The third-order valence-corrected chi connectivity index (χ3v) is 4.53. The summed E-state index contributed by atoms with van der Waals surface area (Å²) < 4.78 is 33.6. The van der Waals surface area contributed by atoms with Crippen LogP contribution >= 0.6 is 11.6 Å². The molecule has 0 amide bonds. The van der Waals surface area contributed by atoms with Crippen molar-refractivity contribution in [3.05, 3.63) is 47.0 Å². The smallest absolute Gasteiger partial charge is 0.238 e. The number of benzene rings is 2. The monoisotopic (exact) mass is 384 g/mol. The molecule has 2 aromatic carbocycles. The summed E-state index contributed by atoms with van der Waals surface area (Å²) >= 11 is 6.30. The van der Waals surface area contributed by atoms with E-state index in [4.69, 9.17) is 26.2 Å². The van der Waals surface area contributed by atoms with Crippen LogP contribution in [0, 0.1) is 0 Å². The molecule has 0 aromatic heterocycles. The zero-order chi connectivity index (χ0) is 18.6. The predicted octanol–water partition coefficient (Wildman–Crippen LogP) is 3.40. The normalized spacial score (nSPS) is 11.4. The summed E-state index contributed by atoms with van der Waals surface area (Å²) in [4.78, 5) is 0.0675. The number of rotatable bonds is 7. The number of nitrogens with two attached hydrogens (primary N) is 1. The van der Waals surface area contributed by atoms with E-state index in [0.29, 0.717) is 23.1 Å². The standard InChI is InChI=1S/C17H21ClN2O4S/c1-11(2)24-17-15(18)8-12(9-16(17)23-3)10-20-13-4-6-14(7-5-13)25(19,21)22/h4-9,11,20H,10H2,1-3H3,(H2,19,21,22). The average molecular weight is 385 g/mol. The Morgan fingerprint density at radius 2 is 1.84 bits per heavy atom. The number of methoxy groups -OCH3 is 1. The maximum Gasteiger partial charge on any atom is 0.238 e. The highest BCUT2D eigenvalue weighted by Gasteiger charge is 2.13. The van der Waals surface area contributed by atoms with Gasteiger partial charge in [-0.3, -0.25) is 0 Å². The first-order chi connectivity index (χ1) is 11.7. The van der Waals surface area contributed by atoms with Gasteiger partial charge in [0.2, 0.25) is 10.0 Å². The van der Waals surface area contributed by atoms with Crippen molar-refractivity contribution in [1.29, 1.82) is 0 Å². The van der Waals surface area contributed by atoms with Crippen molar-refractivity contribution < 1.29 is 17.9 Å². The van der Waals surface area contributed by atoms with Gasteiger partial charge in [0.25, 0.3) is 0 Å². The summed E-state index contributed by atoms with van der Waals surface area (Å²) in [5.74, 6) is 1.07. The highest BCUT2D eigenvalue weighted by molar-refractivity contribution is 7.89. The molecule has 0 saturated heterocycles. The number of halogens is 1. The number of sulfonamides is 1. The molecule has 2 aromatic rings. The minimum absolute atomic E-state index is 0.0206. The molecule has 0 aliphatic rings. The van der Waals surface area contributed by atoms with Crippen molar-refractivity contribution in [2.45, 2.75) is 31.4 Å². The maximum absolute atomic E-state index is 11.3. The number of primary sulfonamides is 1. The lowest BCUT2D eigenvalue weighted by Gasteiger charge is -2.16. The molecule has 0 aliphatic carbocycles. The Kier molecular flexibility index (Phi) is 6.16. The second kappa shape index (κ2) is 7.95. The molecule has 2 rings (SSSR count). The van der Waals surface area contributed by atoms with Gasteiger partial charge < -0.3 is 14.8 Å². The molecule has 0 bridgehead atoms. The van der Waals surface area contributed by atoms with E-state index in [1.807, 2.05) is 19.9 Å². The molecule has 0 saturated carbocycles. The van der Waals surface area contributed by atoms with Gasteiger partial charge in [-0.2, -0.15) is 0 Å². The molecule has 0 fully saturated rings. The Morgan fingerprint density at radius 3 is 2.36 bits per heavy atom. The first-order valence-electron chi connectivity index (χ1n) is 7.60. The first-order valence-corrected chi connectivity index (χ1v) is 9.53. The minimum atomic E-state index is -3.69. The maximum atomic E-state index is 11.3. The van der Waals surface area contributed by atoms with Crippen LogP contribution in [0.4, 0.5) is 5.69 Å². The van der Waals surface area contributed by atoms with Crippen LogP contribution in [0.3, 0.4) is 0 Å². The van der Waals surface area contributed by atoms with Crippen molar-refractivity contribution >= 4 is 27.3 Å². The van der Waals surface area contributed by atoms with E-state index >= 15 is 0 Å². The van der Waals surface area contributed by atoms with Crippen molar-refractivity contribution in [3.63, 3.8) is 0 Å². The van der Waals surface area contributed by atoms with Gasteiger partial charge in [0.15, 0.2) is 11.5 Å². The lowest BCUT2D eigenvalue weighted by atomic mass is 10.2. The van der Waals surface area contributed by atoms with E-state index in [9.17, 15) is 8.42 Å². The third kappa shape index (κ3) is 5.26. The molecule has 0 atom stereocenters. The lowest BCUT2D eigenvalue weighted by molar-refractivity contribution is 0.230. The second-order valence-corrected chi connectivity index (χ2v) is 7.67. The van der Waals surface area contributed by atoms with Crippen molar-refractivity contribution in [2.24, 2.45) is 5.14 Å². The number of hydrogen-bond acceptors (Lipinski definition) is 5. The van der Waals surface area contributed by atoms with E-state index in [1.54, 1.807) is 25.3 Å². The number of ether oxygens (including phenoxy) is 2. The lowest BCUT2D eigenvalue weighted by Crippen LogP contribution is -2.12. The van der Waals surface area contributed by atoms with Crippen LogP contribution in [0.25, 0.3) is 0 Å². The van der Waals surface area contributed by atoms with Crippen LogP contribution < -0.4 is 19.9 Å². The van der Waals surface area contributed by atoms with Crippen LogP contribution in [0.15, 0.2) is 41.3 Å². The number of anilines is 1. The average Bonchev–Trinajstić information content (AvgIpc) is 2.54. The largest absolute Gasteiger partial charge is 0.493 e. The Balaban J connectivity index is 2.14. The first kappa shape index (κ1) is 19.4. The van der Waals surface area contributed by atoms with Crippen LogP contribution in [0.5, 0.6) is 11.5 Å². The van der Waals surface area contributed by atoms with E-state index in [-0.39, 0.29) is 11.0 Å². The SMILES string of the molecule is COc1cc(CNc2ccc(S(N)(=O)=O)cc2)cc(Cl)c1OC(C)C.